The monoisotopic (exact) mass is 496 g/mol. The second-order valence-corrected chi connectivity index (χ2v) is 10.0. The Kier molecular flexibility index (Phi) is 7.01. The van der Waals surface area contributed by atoms with Gasteiger partial charge >= 0.3 is 0 Å². The Hall–Kier alpha value is -4.04. The van der Waals surface area contributed by atoms with E-state index in [2.05, 4.69) is 70.4 Å². The minimum atomic E-state index is -0.139. The first kappa shape index (κ1) is 24.6. The van der Waals surface area contributed by atoms with E-state index in [0.717, 1.165) is 33.6 Å². The van der Waals surface area contributed by atoms with E-state index in [-0.39, 0.29) is 17.5 Å². The van der Waals surface area contributed by atoms with Crippen molar-refractivity contribution >= 4 is 10.9 Å². The van der Waals surface area contributed by atoms with E-state index in [9.17, 15) is 4.79 Å². The number of pyridine rings is 1. The number of aromatic amines is 1. The summed E-state index contributed by atoms with van der Waals surface area (Å²) in [6.45, 7) is 9.95. The molecule has 8 nitrogen and oxygen atoms in total. The number of hydrogen-bond acceptors (Lipinski definition) is 6. The third-order valence-corrected chi connectivity index (χ3v) is 6.71. The van der Waals surface area contributed by atoms with Crippen LogP contribution < -0.4 is 5.56 Å². The molecule has 0 saturated carbocycles. The number of tetrazole rings is 1. The average molecular weight is 497 g/mol. The Balaban J connectivity index is 1.57. The third kappa shape index (κ3) is 5.39. The standard InChI is InChI=1S/C29H32N6O2/c1-19(2)27(28-31-32-33-35(28)18-25-11-8-12-37-25)34(16-22-9-6-5-7-10-22)17-24-15-23-14-20(3)13-21(4)26(23)30-29(24)36/h5-15,19,27H,16-18H2,1-4H3,(H,30,36)/t27-/m1/s1. The molecular formula is C29H32N6O2. The second-order valence-electron chi connectivity index (χ2n) is 10.0. The van der Waals surface area contributed by atoms with E-state index in [1.54, 1.807) is 10.9 Å². The van der Waals surface area contributed by atoms with Gasteiger partial charge in [-0.15, -0.1) is 5.10 Å². The van der Waals surface area contributed by atoms with E-state index < -0.39 is 0 Å². The van der Waals surface area contributed by atoms with Gasteiger partial charge in [0, 0.05) is 18.7 Å². The maximum Gasteiger partial charge on any atom is 0.252 e. The maximum atomic E-state index is 13.3. The molecule has 0 fully saturated rings. The highest BCUT2D eigenvalue weighted by atomic mass is 16.3. The minimum absolute atomic E-state index is 0.0739. The predicted molar refractivity (Wildman–Crippen MR) is 143 cm³/mol. The number of nitrogens with one attached hydrogen (secondary N) is 1. The van der Waals surface area contributed by atoms with Crippen molar-refractivity contribution in [1.29, 1.82) is 0 Å². The lowest BCUT2D eigenvalue weighted by Gasteiger charge is -2.33. The number of hydrogen-bond donors (Lipinski definition) is 1. The number of aromatic nitrogens is 5. The molecule has 2 aromatic carbocycles. The van der Waals surface area contributed by atoms with Gasteiger partial charge in [0.05, 0.1) is 17.8 Å². The smallest absolute Gasteiger partial charge is 0.252 e. The molecule has 0 amide bonds. The lowest BCUT2D eigenvalue weighted by molar-refractivity contribution is 0.125. The molecule has 37 heavy (non-hydrogen) atoms. The molecule has 8 heteroatoms. The quantitative estimate of drug-likeness (QED) is 0.303. The van der Waals surface area contributed by atoms with Crippen LogP contribution in [-0.2, 0) is 19.6 Å². The largest absolute Gasteiger partial charge is 0.467 e. The Morgan fingerprint density at radius 3 is 2.57 bits per heavy atom. The summed E-state index contributed by atoms with van der Waals surface area (Å²) in [6, 6.07) is 20.2. The molecule has 0 aliphatic rings. The van der Waals surface area contributed by atoms with Crippen molar-refractivity contribution in [2.45, 2.75) is 53.4 Å². The first-order valence-electron chi connectivity index (χ1n) is 12.6. The van der Waals surface area contributed by atoms with Gasteiger partial charge in [-0.2, -0.15) is 0 Å². The summed E-state index contributed by atoms with van der Waals surface area (Å²) >= 11 is 0. The molecular weight excluding hydrogens is 464 g/mol. The van der Waals surface area contributed by atoms with Crippen molar-refractivity contribution in [3.63, 3.8) is 0 Å². The number of benzene rings is 2. The first-order valence-corrected chi connectivity index (χ1v) is 12.6. The van der Waals surface area contributed by atoms with Crippen molar-refractivity contribution in [3.05, 3.63) is 111 Å². The summed E-state index contributed by atoms with van der Waals surface area (Å²) in [5.74, 6) is 1.70. The lowest BCUT2D eigenvalue weighted by atomic mass is 9.99. The molecule has 0 aliphatic heterocycles. The molecule has 3 aromatic heterocycles. The van der Waals surface area contributed by atoms with E-state index in [0.29, 0.717) is 25.2 Å². The Labute approximate surface area is 215 Å². The Bertz CT molecular complexity index is 1540. The molecule has 0 saturated heterocycles. The lowest BCUT2D eigenvalue weighted by Crippen LogP contribution is -2.35. The van der Waals surface area contributed by atoms with Gasteiger partial charge in [0.25, 0.3) is 5.56 Å². The van der Waals surface area contributed by atoms with E-state index in [1.807, 2.05) is 43.3 Å². The van der Waals surface area contributed by atoms with Gasteiger partial charge in [0.15, 0.2) is 5.82 Å². The molecule has 0 spiro atoms. The van der Waals surface area contributed by atoms with Gasteiger partial charge in [-0.05, 0) is 71.0 Å². The highest BCUT2D eigenvalue weighted by Gasteiger charge is 2.30. The van der Waals surface area contributed by atoms with Gasteiger partial charge in [0.1, 0.15) is 12.3 Å². The van der Waals surface area contributed by atoms with Gasteiger partial charge in [-0.1, -0.05) is 55.8 Å². The molecule has 0 radical (unpaired) electrons. The molecule has 5 rings (SSSR count). The van der Waals surface area contributed by atoms with Crippen LogP contribution in [0.5, 0.6) is 0 Å². The zero-order valence-corrected chi connectivity index (χ0v) is 21.7. The van der Waals surface area contributed by atoms with Crippen molar-refractivity contribution in [1.82, 2.24) is 30.1 Å². The van der Waals surface area contributed by atoms with Crippen LogP contribution in [0.1, 0.15) is 53.7 Å². The molecule has 0 unspecified atom stereocenters. The fourth-order valence-corrected chi connectivity index (χ4v) is 5.11. The van der Waals surface area contributed by atoms with Crippen molar-refractivity contribution < 1.29 is 4.42 Å². The van der Waals surface area contributed by atoms with Crippen molar-refractivity contribution in [3.8, 4) is 0 Å². The molecule has 5 aromatic rings. The minimum Gasteiger partial charge on any atom is -0.467 e. The highest BCUT2D eigenvalue weighted by molar-refractivity contribution is 5.82. The van der Waals surface area contributed by atoms with E-state index in [4.69, 9.17) is 4.42 Å². The fourth-order valence-electron chi connectivity index (χ4n) is 5.11. The predicted octanol–water partition coefficient (Wildman–Crippen LogP) is 5.17. The second kappa shape index (κ2) is 10.5. The molecule has 190 valence electrons. The van der Waals surface area contributed by atoms with E-state index >= 15 is 0 Å². The van der Waals surface area contributed by atoms with Crippen molar-refractivity contribution in [2.24, 2.45) is 5.92 Å². The summed E-state index contributed by atoms with van der Waals surface area (Å²) in [5.41, 5.74) is 4.91. The number of aryl methyl sites for hydroxylation is 2. The van der Waals surface area contributed by atoms with Crippen LogP contribution in [0.4, 0.5) is 0 Å². The molecule has 1 atom stereocenters. The number of furan rings is 1. The van der Waals surface area contributed by atoms with Crippen LogP contribution in [0, 0.1) is 19.8 Å². The average Bonchev–Trinajstić information content (AvgIpc) is 3.54. The summed E-state index contributed by atoms with van der Waals surface area (Å²) in [7, 11) is 0. The fraction of sp³-hybridized carbons (Fsp3) is 0.310. The number of nitrogens with zero attached hydrogens (tertiary/aromatic N) is 5. The summed E-state index contributed by atoms with van der Waals surface area (Å²) in [6.07, 6.45) is 1.65. The van der Waals surface area contributed by atoms with Gasteiger partial charge in [-0.3, -0.25) is 9.69 Å². The number of rotatable bonds is 9. The molecule has 0 aliphatic carbocycles. The topological polar surface area (TPSA) is 92.8 Å². The van der Waals surface area contributed by atoms with Crippen LogP contribution in [0.15, 0.2) is 76.1 Å². The van der Waals surface area contributed by atoms with E-state index in [1.165, 1.54) is 5.56 Å². The number of fused-ring (bicyclic) bond motifs is 1. The Morgan fingerprint density at radius 1 is 1.03 bits per heavy atom. The molecule has 3 heterocycles. The third-order valence-electron chi connectivity index (χ3n) is 6.71. The van der Waals surface area contributed by atoms with Crippen LogP contribution in [0.3, 0.4) is 0 Å². The van der Waals surface area contributed by atoms with Gasteiger partial charge in [0.2, 0.25) is 0 Å². The van der Waals surface area contributed by atoms with Crippen LogP contribution in [0.25, 0.3) is 10.9 Å². The summed E-state index contributed by atoms with van der Waals surface area (Å²) in [4.78, 5) is 18.7. The van der Waals surface area contributed by atoms with Crippen LogP contribution in [-0.4, -0.2) is 30.1 Å². The number of H-pyrrole nitrogens is 1. The highest BCUT2D eigenvalue weighted by Crippen LogP contribution is 2.30. The Morgan fingerprint density at radius 2 is 1.84 bits per heavy atom. The SMILES string of the molecule is Cc1cc(C)c2[nH]c(=O)c(CN(Cc3ccccc3)[C@@H](c3nnnn3Cc3ccco3)C(C)C)cc2c1. The van der Waals surface area contributed by atoms with Gasteiger partial charge in [-0.25, -0.2) is 4.68 Å². The summed E-state index contributed by atoms with van der Waals surface area (Å²) in [5, 5.41) is 13.8. The molecule has 1 N–H and O–H groups in total. The van der Waals surface area contributed by atoms with Crippen LogP contribution in [0.2, 0.25) is 0 Å². The van der Waals surface area contributed by atoms with Crippen molar-refractivity contribution in [2.75, 3.05) is 0 Å². The van der Waals surface area contributed by atoms with Crippen LogP contribution >= 0.6 is 0 Å². The summed E-state index contributed by atoms with van der Waals surface area (Å²) < 4.78 is 7.34. The molecule has 0 bridgehead atoms. The van der Waals surface area contributed by atoms with Gasteiger partial charge < -0.3 is 9.40 Å². The zero-order valence-electron chi connectivity index (χ0n) is 21.7. The first-order chi connectivity index (χ1) is 17.9. The zero-order chi connectivity index (χ0) is 25.9. The normalized spacial score (nSPS) is 12.6. The maximum absolute atomic E-state index is 13.3.